The number of carbonyl (C=O) groups is 1. The fourth-order valence-electron chi connectivity index (χ4n) is 4.15. The minimum atomic E-state index is -3.66. The van der Waals surface area contributed by atoms with Crippen molar-refractivity contribution >= 4 is 27.3 Å². The number of amides is 1. The summed E-state index contributed by atoms with van der Waals surface area (Å²) in [4.78, 5) is 15.4. The molecule has 28 heavy (non-hydrogen) atoms. The van der Waals surface area contributed by atoms with Crippen LogP contribution in [0.3, 0.4) is 0 Å². The summed E-state index contributed by atoms with van der Waals surface area (Å²) in [5.41, 5.74) is 0. The van der Waals surface area contributed by atoms with Crippen LogP contribution in [0.4, 0.5) is 0 Å². The average Bonchev–Trinajstić information content (AvgIpc) is 3.16. The maximum atomic E-state index is 12.9. The summed E-state index contributed by atoms with van der Waals surface area (Å²) in [7, 11) is -3.66. The van der Waals surface area contributed by atoms with E-state index in [9.17, 15) is 13.2 Å². The van der Waals surface area contributed by atoms with Crippen LogP contribution in [0.1, 0.15) is 36.4 Å². The Bertz CT molecular complexity index is 749. The van der Waals surface area contributed by atoms with E-state index in [1.54, 1.807) is 5.38 Å². The quantitative estimate of drug-likeness (QED) is 0.670. The maximum absolute atomic E-state index is 12.9. The molecule has 1 aromatic heterocycles. The van der Waals surface area contributed by atoms with Gasteiger partial charge in [-0.05, 0) is 42.7 Å². The minimum absolute atomic E-state index is 0.107. The lowest BCUT2D eigenvalue weighted by atomic mass is 9.92. The maximum Gasteiger partial charge on any atom is 0.262 e. The van der Waals surface area contributed by atoms with Gasteiger partial charge >= 0.3 is 0 Å². The molecule has 158 valence electrons. The van der Waals surface area contributed by atoms with Gasteiger partial charge in [-0.1, -0.05) is 13.8 Å². The first kappa shape index (κ1) is 21.7. The van der Waals surface area contributed by atoms with Crippen molar-refractivity contribution in [3.05, 3.63) is 16.3 Å². The SMILES string of the molecule is CC1CC(C)CN(CCCNC(=O)c2sccc2S(=O)(=O)N2CCOCC2)C1. The van der Waals surface area contributed by atoms with Crippen LogP contribution >= 0.6 is 11.3 Å². The predicted molar refractivity (Wildman–Crippen MR) is 110 cm³/mol. The first-order valence-corrected chi connectivity index (χ1v) is 12.4. The molecule has 0 aliphatic carbocycles. The molecule has 0 aromatic carbocycles. The van der Waals surface area contributed by atoms with Gasteiger partial charge in [0.1, 0.15) is 9.77 Å². The molecule has 2 atom stereocenters. The fourth-order valence-corrected chi connectivity index (χ4v) is 6.88. The molecule has 1 amide bonds. The molecule has 0 saturated carbocycles. The number of thiophene rings is 1. The zero-order chi connectivity index (χ0) is 20.1. The second-order valence-electron chi connectivity index (χ2n) is 7.95. The number of ether oxygens (including phenoxy) is 1. The Labute approximate surface area is 172 Å². The molecular formula is C19H31N3O4S2. The highest BCUT2D eigenvalue weighted by Gasteiger charge is 2.31. The van der Waals surface area contributed by atoms with Crippen LogP contribution < -0.4 is 5.32 Å². The Hall–Kier alpha value is -1.00. The molecule has 3 heterocycles. The average molecular weight is 430 g/mol. The number of piperidine rings is 1. The van der Waals surface area contributed by atoms with Crippen LogP contribution in [0.2, 0.25) is 0 Å². The van der Waals surface area contributed by atoms with Gasteiger partial charge in [0.25, 0.3) is 5.91 Å². The standard InChI is InChI=1S/C19H31N3O4S2/c1-15-12-16(2)14-21(13-15)6-3-5-20-19(23)18-17(4-11-27-18)28(24,25)22-7-9-26-10-8-22/h4,11,15-16H,3,5-10,12-14H2,1-2H3,(H,20,23). The highest BCUT2D eigenvalue weighted by molar-refractivity contribution is 7.89. The Morgan fingerprint density at radius 3 is 2.61 bits per heavy atom. The van der Waals surface area contributed by atoms with Crippen LogP contribution in [0.15, 0.2) is 16.3 Å². The Morgan fingerprint density at radius 2 is 1.93 bits per heavy atom. The second-order valence-corrected chi connectivity index (χ2v) is 10.8. The predicted octanol–water partition coefficient (Wildman–Crippen LogP) is 1.87. The van der Waals surface area contributed by atoms with Gasteiger partial charge in [0, 0.05) is 32.7 Å². The Balaban J connectivity index is 1.52. The van der Waals surface area contributed by atoms with Crippen LogP contribution in [-0.2, 0) is 14.8 Å². The Morgan fingerprint density at radius 1 is 1.25 bits per heavy atom. The molecule has 0 spiro atoms. The highest BCUT2D eigenvalue weighted by atomic mass is 32.2. The van der Waals surface area contributed by atoms with Gasteiger partial charge in [0.05, 0.1) is 13.2 Å². The highest BCUT2D eigenvalue weighted by Crippen LogP contribution is 2.26. The number of sulfonamides is 1. The largest absolute Gasteiger partial charge is 0.379 e. The van der Waals surface area contributed by atoms with Gasteiger partial charge in [-0.15, -0.1) is 11.3 Å². The third-order valence-corrected chi connectivity index (χ3v) is 8.29. The molecule has 2 fully saturated rings. The van der Waals surface area contributed by atoms with E-state index in [-0.39, 0.29) is 15.7 Å². The van der Waals surface area contributed by atoms with E-state index in [1.807, 2.05) is 0 Å². The molecule has 9 heteroatoms. The molecular weight excluding hydrogens is 398 g/mol. The number of morpholine rings is 1. The smallest absolute Gasteiger partial charge is 0.262 e. The van der Waals surface area contributed by atoms with E-state index in [4.69, 9.17) is 4.74 Å². The van der Waals surface area contributed by atoms with E-state index < -0.39 is 10.0 Å². The summed E-state index contributed by atoms with van der Waals surface area (Å²) in [5.74, 6) is 1.14. The molecule has 2 saturated heterocycles. The summed E-state index contributed by atoms with van der Waals surface area (Å²) < 4.78 is 32.4. The minimum Gasteiger partial charge on any atom is -0.379 e. The normalized spacial score (nSPS) is 24.9. The third-order valence-electron chi connectivity index (χ3n) is 5.30. The molecule has 2 aliphatic heterocycles. The summed E-state index contributed by atoms with van der Waals surface area (Å²) in [6.07, 6.45) is 2.15. The van der Waals surface area contributed by atoms with E-state index in [1.165, 1.54) is 28.1 Å². The van der Waals surface area contributed by atoms with E-state index in [2.05, 4.69) is 24.1 Å². The lowest BCUT2D eigenvalue weighted by Gasteiger charge is -2.34. The molecule has 3 rings (SSSR count). The van der Waals surface area contributed by atoms with Gasteiger partial charge in [0.15, 0.2) is 0 Å². The van der Waals surface area contributed by atoms with E-state index in [0.29, 0.717) is 32.8 Å². The summed E-state index contributed by atoms with van der Waals surface area (Å²) in [6.45, 7) is 9.74. The van der Waals surface area contributed by atoms with Gasteiger partial charge in [0.2, 0.25) is 10.0 Å². The van der Waals surface area contributed by atoms with Crippen molar-refractivity contribution in [1.29, 1.82) is 0 Å². The topological polar surface area (TPSA) is 79.0 Å². The fraction of sp³-hybridized carbons (Fsp3) is 0.737. The molecule has 0 bridgehead atoms. The molecule has 1 aromatic rings. The van der Waals surface area contributed by atoms with Crippen molar-refractivity contribution in [3.8, 4) is 0 Å². The Kier molecular flexibility index (Phi) is 7.49. The number of carbonyl (C=O) groups excluding carboxylic acids is 1. The number of nitrogens with zero attached hydrogens (tertiary/aromatic N) is 2. The number of nitrogens with one attached hydrogen (secondary N) is 1. The van der Waals surface area contributed by atoms with Crippen molar-refractivity contribution in [2.75, 3.05) is 52.5 Å². The van der Waals surface area contributed by atoms with Crippen LogP contribution in [0.25, 0.3) is 0 Å². The van der Waals surface area contributed by atoms with Gasteiger partial charge < -0.3 is 15.0 Å². The number of likely N-dealkylation sites (tertiary alicyclic amines) is 1. The van der Waals surface area contributed by atoms with Crippen molar-refractivity contribution in [2.24, 2.45) is 11.8 Å². The first-order chi connectivity index (χ1) is 13.4. The zero-order valence-electron chi connectivity index (χ0n) is 16.7. The van der Waals surface area contributed by atoms with Crippen LogP contribution in [0.5, 0.6) is 0 Å². The molecule has 1 N–H and O–H groups in total. The molecule has 0 radical (unpaired) electrons. The lowest BCUT2D eigenvalue weighted by Crippen LogP contribution is -2.41. The number of hydrogen-bond donors (Lipinski definition) is 1. The molecule has 2 aliphatic rings. The van der Waals surface area contributed by atoms with Gasteiger partial charge in [-0.3, -0.25) is 4.79 Å². The number of rotatable bonds is 7. The van der Waals surface area contributed by atoms with Gasteiger partial charge in [-0.2, -0.15) is 4.31 Å². The summed E-state index contributed by atoms with van der Waals surface area (Å²) in [6, 6.07) is 1.53. The van der Waals surface area contributed by atoms with Crippen LogP contribution in [-0.4, -0.2) is 76.0 Å². The van der Waals surface area contributed by atoms with Gasteiger partial charge in [-0.25, -0.2) is 8.42 Å². The monoisotopic (exact) mass is 429 g/mol. The third kappa shape index (κ3) is 5.33. The van der Waals surface area contributed by atoms with E-state index in [0.717, 1.165) is 37.9 Å². The second kappa shape index (κ2) is 9.67. The molecule has 2 unspecified atom stereocenters. The van der Waals surface area contributed by atoms with Crippen molar-refractivity contribution in [3.63, 3.8) is 0 Å². The number of hydrogen-bond acceptors (Lipinski definition) is 6. The van der Waals surface area contributed by atoms with Crippen molar-refractivity contribution in [2.45, 2.75) is 31.6 Å². The summed E-state index contributed by atoms with van der Waals surface area (Å²) >= 11 is 1.18. The zero-order valence-corrected chi connectivity index (χ0v) is 18.4. The lowest BCUT2D eigenvalue weighted by molar-refractivity contribution is 0.0730. The first-order valence-electron chi connectivity index (χ1n) is 10.0. The van der Waals surface area contributed by atoms with Crippen molar-refractivity contribution < 1.29 is 17.9 Å². The molecule has 7 nitrogen and oxygen atoms in total. The van der Waals surface area contributed by atoms with Crippen molar-refractivity contribution in [1.82, 2.24) is 14.5 Å². The van der Waals surface area contributed by atoms with E-state index >= 15 is 0 Å². The van der Waals surface area contributed by atoms with Crippen LogP contribution in [0, 0.1) is 11.8 Å². The summed E-state index contributed by atoms with van der Waals surface area (Å²) in [5, 5.41) is 4.57.